The molecule has 33 heavy (non-hydrogen) atoms. The standard InChI is InChI=1S/C23H25N5O4S/c1-15(2)32-22(31)16-8-7-11-18(12-16)25-21(30)14-33-23-27-26-19(28(23)3)13-20(29)24-17-9-5-4-6-10-17/h4-12,15H,13-14H2,1-3H3,(H,24,29)(H,25,30). The minimum atomic E-state index is -0.446. The van der Waals surface area contributed by atoms with Gasteiger partial charge in [0, 0.05) is 18.4 Å². The molecule has 0 aliphatic carbocycles. The van der Waals surface area contributed by atoms with E-state index >= 15 is 0 Å². The Morgan fingerprint density at radius 3 is 2.39 bits per heavy atom. The van der Waals surface area contributed by atoms with E-state index in [-0.39, 0.29) is 30.1 Å². The number of nitrogens with zero attached hydrogens (tertiary/aromatic N) is 3. The van der Waals surface area contributed by atoms with Crippen molar-refractivity contribution in [2.45, 2.75) is 31.5 Å². The van der Waals surface area contributed by atoms with E-state index in [4.69, 9.17) is 4.74 Å². The van der Waals surface area contributed by atoms with Crippen LogP contribution in [0.4, 0.5) is 11.4 Å². The highest BCUT2D eigenvalue weighted by molar-refractivity contribution is 7.99. The smallest absolute Gasteiger partial charge is 0.338 e. The van der Waals surface area contributed by atoms with Crippen molar-refractivity contribution >= 4 is 40.9 Å². The van der Waals surface area contributed by atoms with Crippen LogP contribution in [0.25, 0.3) is 0 Å². The maximum absolute atomic E-state index is 12.4. The highest BCUT2D eigenvalue weighted by Gasteiger charge is 2.15. The Morgan fingerprint density at radius 2 is 1.67 bits per heavy atom. The Bertz CT molecular complexity index is 1130. The summed E-state index contributed by atoms with van der Waals surface area (Å²) >= 11 is 1.20. The molecule has 0 saturated carbocycles. The molecule has 0 radical (unpaired) electrons. The van der Waals surface area contributed by atoms with Gasteiger partial charge in [-0.3, -0.25) is 9.59 Å². The summed E-state index contributed by atoms with van der Waals surface area (Å²) < 4.78 is 6.86. The summed E-state index contributed by atoms with van der Waals surface area (Å²) in [5.41, 5.74) is 1.56. The Morgan fingerprint density at radius 1 is 0.970 bits per heavy atom. The second kappa shape index (κ2) is 11.3. The number of ether oxygens (including phenoxy) is 1. The number of nitrogens with one attached hydrogen (secondary N) is 2. The normalized spacial score (nSPS) is 10.7. The molecule has 0 aliphatic rings. The zero-order chi connectivity index (χ0) is 23.8. The molecule has 0 atom stereocenters. The number of para-hydroxylation sites is 1. The number of thioether (sulfide) groups is 1. The van der Waals surface area contributed by atoms with Gasteiger partial charge >= 0.3 is 5.97 Å². The van der Waals surface area contributed by atoms with E-state index in [1.807, 2.05) is 18.2 Å². The average Bonchev–Trinajstić information content (AvgIpc) is 3.11. The number of amides is 2. The van der Waals surface area contributed by atoms with E-state index in [1.54, 1.807) is 61.9 Å². The maximum atomic E-state index is 12.4. The van der Waals surface area contributed by atoms with Gasteiger partial charge in [0.2, 0.25) is 11.8 Å². The van der Waals surface area contributed by atoms with Crippen LogP contribution in [0, 0.1) is 0 Å². The largest absolute Gasteiger partial charge is 0.459 e. The summed E-state index contributed by atoms with van der Waals surface area (Å²) in [5, 5.41) is 14.2. The van der Waals surface area contributed by atoms with Crippen molar-refractivity contribution in [2.24, 2.45) is 7.05 Å². The summed E-state index contributed by atoms with van der Waals surface area (Å²) in [4.78, 5) is 36.7. The molecule has 0 fully saturated rings. The maximum Gasteiger partial charge on any atom is 0.338 e. The number of aromatic nitrogens is 3. The third kappa shape index (κ3) is 7.18. The minimum Gasteiger partial charge on any atom is -0.459 e. The Hall–Kier alpha value is -3.66. The Kier molecular flexibility index (Phi) is 8.20. The molecule has 10 heteroatoms. The van der Waals surface area contributed by atoms with Gasteiger partial charge in [0.1, 0.15) is 5.82 Å². The number of hydrogen-bond acceptors (Lipinski definition) is 7. The van der Waals surface area contributed by atoms with Crippen molar-refractivity contribution in [3.8, 4) is 0 Å². The van der Waals surface area contributed by atoms with Crippen LogP contribution in [0.1, 0.15) is 30.0 Å². The van der Waals surface area contributed by atoms with Gasteiger partial charge in [-0.05, 0) is 44.2 Å². The van der Waals surface area contributed by atoms with Crippen molar-refractivity contribution in [1.29, 1.82) is 0 Å². The molecule has 2 N–H and O–H groups in total. The molecule has 1 aromatic heterocycles. The minimum absolute atomic E-state index is 0.0599. The van der Waals surface area contributed by atoms with Crippen LogP contribution < -0.4 is 10.6 Å². The molecule has 172 valence electrons. The average molecular weight is 468 g/mol. The molecule has 9 nitrogen and oxygen atoms in total. The number of carbonyl (C=O) groups excluding carboxylic acids is 3. The molecule has 0 aliphatic heterocycles. The monoisotopic (exact) mass is 467 g/mol. The second-order valence-corrected chi connectivity index (χ2v) is 8.36. The molecular formula is C23H25N5O4S. The summed E-state index contributed by atoms with van der Waals surface area (Å²) in [6, 6.07) is 15.7. The summed E-state index contributed by atoms with van der Waals surface area (Å²) in [6.45, 7) is 3.54. The molecule has 3 rings (SSSR count). The lowest BCUT2D eigenvalue weighted by Gasteiger charge is -2.10. The van der Waals surface area contributed by atoms with Crippen LogP contribution in [0.3, 0.4) is 0 Å². The number of hydrogen-bond donors (Lipinski definition) is 2. The lowest BCUT2D eigenvalue weighted by Crippen LogP contribution is -2.17. The zero-order valence-corrected chi connectivity index (χ0v) is 19.4. The molecule has 0 saturated heterocycles. The lowest BCUT2D eigenvalue weighted by atomic mass is 10.2. The van der Waals surface area contributed by atoms with E-state index in [2.05, 4.69) is 20.8 Å². The fraction of sp³-hybridized carbons (Fsp3) is 0.261. The first-order valence-corrected chi connectivity index (χ1v) is 11.3. The molecule has 1 heterocycles. The number of esters is 1. The van der Waals surface area contributed by atoms with Crippen LogP contribution in [-0.4, -0.2) is 44.4 Å². The van der Waals surface area contributed by atoms with Crippen LogP contribution in [0.5, 0.6) is 0 Å². The van der Waals surface area contributed by atoms with Crippen LogP contribution in [-0.2, 0) is 27.8 Å². The number of benzene rings is 2. The van der Waals surface area contributed by atoms with Gasteiger partial charge in [-0.1, -0.05) is 36.0 Å². The van der Waals surface area contributed by atoms with Crippen molar-refractivity contribution in [2.75, 3.05) is 16.4 Å². The third-order valence-corrected chi connectivity index (χ3v) is 5.38. The molecule has 2 amide bonds. The molecule has 0 spiro atoms. The van der Waals surface area contributed by atoms with Crippen LogP contribution in [0.15, 0.2) is 59.8 Å². The number of carbonyl (C=O) groups is 3. The van der Waals surface area contributed by atoms with Crippen molar-refractivity contribution in [1.82, 2.24) is 14.8 Å². The first-order chi connectivity index (χ1) is 15.8. The van der Waals surface area contributed by atoms with Crippen molar-refractivity contribution in [3.63, 3.8) is 0 Å². The van der Waals surface area contributed by atoms with Gasteiger partial charge in [-0.15, -0.1) is 10.2 Å². The molecule has 2 aromatic carbocycles. The predicted molar refractivity (Wildman–Crippen MR) is 126 cm³/mol. The molecular weight excluding hydrogens is 442 g/mol. The molecule has 3 aromatic rings. The summed E-state index contributed by atoms with van der Waals surface area (Å²) in [6.07, 6.45) is -0.169. The first-order valence-electron chi connectivity index (χ1n) is 10.3. The van der Waals surface area contributed by atoms with Gasteiger partial charge < -0.3 is 19.9 Å². The first kappa shape index (κ1) is 24.0. The Labute approximate surface area is 195 Å². The quantitative estimate of drug-likeness (QED) is 0.366. The molecule has 0 unspecified atom stereocenters. The lowest BCUT2D eigenvalue weighted by molar-refractivity contribution is -0.116. The van der Waals surface area contributed by atoms with E-state index in [0.717, 1.165) is 0 Å². The highest BCUT2D eigenvalue weighted by atomic mass is 32.2. The van der Waals surface area contributed by atoms with Gasteiger partial charge in [0.25, 0.3) is 0 Å². The van der Waals surface area contributed by atoms with E-state index in [0.29, 0.717) is 27.9 Å². The molecule has 0 bridgehead atoms. The van der Waals surface area contributed by atoms with Crippen molar-refractivity contribution in [3.05, 3.63) is 66.0 Å². The van der Waals surface area contributed by atoms with E-state index < -0.39 is 5.97 Å². The SMILES string of the molecule is CC(C)OC(=O)c1cccc(NC(=O)CSc2nnc(CC(=O)Nc3ccccc3)n2C)c1. The second-order valence-electron chi connectivity index (χ2n) is 7.42. The van der Waals surface area contributed by atoms with Gasteiger partial charge in [-0.25, -0.2) is 4.79 Å². The van der Waals surface area contributed by atoms with E-state index in [9.17, 15) is 14.4 Å². The fourth-order valence-electron chi connectivity index (χ4n) is 2.83. The number of rotatable bonds is 9. The predicted octanol–water partition coefficient (Wildman–Crippen LogP) is 3.29. The summed E-state index contributed by atoms with van der Waals surface area (Å²) in [5.74, 6) is -0.341. The summed E-state index contributed by atoms with van der Waals surface area (Å²) in [7, 11) is 1.75. The van der Waals surface area contributed by atoms with Gasteiger partial charge in [0.05, 0.1) is 23.8 Å². The number of anilines is 2. The van der Waals surface area contributed by atoms with Crippen LogP contribution >= 0.6 is 11.8 Å². The van der Waals surface area contributed by atoms with E-state index in [1.165, 1.54) is 11.8 Å². The Balaban J connectivity index is 1.52. The topological polar surface area (TPSA) is 115 Å². The van der Waals surface area contributed by atoms with Crippen molar-refractivity contribution < 1.29 is 19.1 Å². The van der Waals surface area contributed by atoms with Crippen LogP contribution in [0.2, 0.25) is 0 Å². The van der Waals surface area contributed by atoms with Gasteiger partial charge in [0.15, 0.2) is 5.16 Å². The third-order valence-electron chi connectivity index (χ3n) is 4.36. The highest BCUT2D eigenvalue weighted by Crippen LogP contribution is 2.18. The zero-order valence-electron chi connectivity index (χ0n) is 18.6. The fourth-order valence-corrected chi connectivity index (χ4v) is 3.56. The van der Waals surface area contributed by atoms with Gasteiger partial charge in [-0.2, -0.15) is 0 Å².